The third kappa shape index (κ3) is 4.56. The van der Waals surface area contributed by atoms with E-state index in [1.54, 1.807) is 20.8 Å². The minimum Gasteiger partial charge on any atom is -0.497 e. The van der Waals surface area contributed by atoms with Crippen LogP contribution < -0.4 is 15.4 Å². The summed E-state index contributed by atoms with van der Waals surface area (Å²) in [6.07, 6.45) is -0.101. The summed E-state index contributed by atoms with van der Waals surface area (Å²) in [6.45, 7) is 6.29. The molecule has 2 rings (SSSR count). The van der Waals surface area contributed by atoms with Gasteiger partial charge in [0.1, 0.15) is 23.0 Å². The van der Waals surface area contributed by atoms with Gasteiger partial charge in [0.05, 0.1) is 13.2 Å². The van der Waals surface area contributed by atoms with Crippen molar-refractivity contribution in [2.75, 3.05) is 20.2 Å². The van der Waals surface area contributed by atoms with Crippen LogP contribution in [-0.4, -0.2) is 37.9 Å². The van der Waals surface area contributed by atoms with E-state index in [0.717, 1.165) is 12.1 Å². The molecule has 2 atom stereocenters. The van der Waals surface area contributed by atoms with E-state index in [0.29, 0.717) is 19.5 Å². The van der Waals surface area contributed by atoms with Crippen molar-refractivity contribution in [3.05, 3.63) is 29.3 Å². The highest BCUT2D eigenvalue weighted by atomic mass is 19.1. The van der Waals surface area contributed by atoms with Crippen molar-refractivity contribution in [2.24, 2.45) is 0 Å². The number of hydrogen-bond donors (Lipinski definition) is 2. The van der Waals surface area contributed by atoms with E-state index in [1.165, 1.54) is 7.11 Å². The minimum atomic E-state index is -0.672. The Morgan fingerprint density at radius 2 is 1.92 bits per heavy atom. The summed E-state index contributed by atoms with van der Waals surface area (Å²) in [5.74, 6) is -1.70. The lowest BCUT2D eigenvalue weighted by Gasteiger charge is -2.34. The molecule has 0 spiro atoms. The van der Waals surface area contributed by atoms with Crippen LogP contribution in [0.4, 0.5) is 13.6 Å². The number of ether oxygens (including phenoxy) is 2. The topological polar surface area (TPSA) is 59.6 Å². The largest absolute Gasteiger partial charge is 0.497 e. The zero-order valence-corrected chi connectivity index (χ0v) is 14.4. The number of halogens is 2. The standard InChI is InChI=1S/C17H24F2N2O3/c1-17(2,3)24-16(22)21-14-9-20-6-5-11(14)15-12(18)7-10(23-4)8-13(15)19/h7-8,11,14,20H,5-6,9H2,1-4H3,(H,21,22). The van der Waals surface area contributed by atoms with E-state index in [1.807, 2.05) is 0 Å². The lowest BCUT2D eigenvalue weighted by atomic mass is 9.85. The average molecular weight is 342 g/mol. The molecular formula is C17H24F2N2O3. The highest BCUT2D eigenvalue weighted by Gasteiger charge is 2.33. The molecule has 2 unspecified atom stereocenters. The third-order valence-corrected chi connectivity index (χ3v) is 3.84. The SMILES string of the molecule is COc1cc(F)c(C2CCNCC2NC(=O)OC(C)(C)C)c(F)c1. The minimum absolute atomic E-state index is 0.0293. The van der Waals surface area contributed by atoms with Crippen molar-refractivity contribution < 1.29 is 23.0 Å². The van der Waals surface area contributed by atoms with Crippen LogP contribution in [0.2, 0.25) is 0 Å². The predicted molar refractivity (Wildman–Crippen MR) is 86.3 cm³/mol. The van der Waals surface area contributed by atoms with Crippen LogP contribution in [-0.2, 0) is 4.74 Å². The van der Waals surface area contributed by atoms with Crippen molar-refractivity contribution in [2.45, 2.75) is 44.8 Å². The molecule has 0 aliphatic carbocycles. The molecule has 1 amide bonds. The van der Waals surface area contributed by atoms with Gasteiger partial charge in [-0.15, -0.1) is 0 Å². The van der Waals surface area contributed by atoms with Gasteiger partial charge in [-0.3, -0.25) is 0 Å². The highest BCUT2D eigenvalue weighted by Crippen LogP contribution is 2.32. The summed E-state index contributed by atoms with van der Waals surface area (Å²) in [7, 11) is 1.35. The molecule has 7 heteroatoms. The first-order valence-corrected chi connectivity index (χ1v) is 7.94. The number of carbonyl (C=O) groups excluding carboxylic acids is 1. The maximum absolute atomic E-state index is 14.4. The summed E-state index contributed by atoms with van der Waals surface area (Å²) in [6, 6.07) is 1.85. The van der Waals surface area contributed by atoms with Gasteiger partial charge in [0.25, 0.3) is 0 Å². The number of nitrogens with one attached hydrogen (secondary N) is 2. The molecule has 1 aliphatic rings. The van der Waals surface area contributed by atoms with Gasteiger partial charge >= 0.3 is 6.09 Å². The Morgan fingerprint density at radius 3 is 2.46 bits per heavy atom. The van der Waals surface area contributed by atoms with Crippen molar-refractivity contribution in [1.29, 1.82) is 0 Å². The second-order valence-electron chi connectivity index (χ2n) is 6.86. The van der Waals surface area contributed by atoms with Crippen LogP contribution >= 0.6 is 0 Å². The Kier molecular flexibility index (Phi) is 5.64. The van der Waals surface area contributed by atoms with Gasteiger partial charge in [-0.25, -0.2) is 13.6 Å². The van der Waals surface area contributed by atoms with Crippen molar-refractivity contribution in [3.8, 4) is 5.75 Å². The van der Waals surface area contributed by atoms with E-state index < -0.39 is 35.3 Å². The first-order chi connectivity index (χ1) is 11.2. The Hall–Kier alpha value is -1.89. The van der Waals surface area contributed by atoms with Crippen molar-refractivity contribution in [1.82, 2.24) is 10.6 Å². The molecule has 0 bridgehead atoms. The second-order valence-corrected chi connectivity index (χ2v) is 6.86. The first kappa shape index (κ1) is 18.4. The zero-order chi connectivity index (χ0) is 17.9. The summed E-state index contributed by atoms with van der Waals surface area (Å²) in [5, 5.41) is 5.84. The van der Waals surface area contributed by atoms with Crippen molar-refractivity contribution >= 4 is 6.09 Å². The maximum Gasteiger partial charge on any atom is 0.407 e. The van der Waals surface area contributed by atoms with E-state index in [-0.39, 0.29) is 11.3 Å². The molecule has 24 heavy (non-hydrogen) atoms. The zero-order valence-electron chi connectivity index (χ0n) is 14.4. The average Bonchev–Trinajstić information content (AvgIpc) is 2.46. The molecule has 2 N–H and O–H groups in total. The number of hydrogen-bond acceptors (Lipinski definition) is 4. The van der Waals surface area contributed by atoms with E-state index in [9.17, 15) is 13.6 Å². The Morgan fingerprint density at radius 1 is 1.29 bits per heavy atom. The number of benzene rings is 1. The van der Waals surface area contributed by atoms with Crippen LogP contribution in [0.5, 0.6) is 5.75 Å². The number of amides is 1. The summed E-state index contributed by atoms with van der Waals surface area (Å²) in [4.78, 5) is 12.0. The van der Waals surface area contributed by atoms with Crippen molar-refractivity contribution in [3.63, 3.8) is 0 Å². The Balaban J connectivity index is 2.22. The van der Waals surface area contributed by atoms with Crippen LogP contribution in [0.25, 0.3) is 0 Å². The number of rotatable bonds is 3. The second kappa shape index (κ2) is 7.34. The molecule has 0 saturated carbocycles. The van der Waals surface area contributed by atoms with Gasteiger partial charge in [0, 0.05) is 30.2 Å². The quantitative estimate of drug-likeness (QED) is 0.887. The molecule has 1 aliphatic heterocycles. The van der Waals surface area contributed by atoms with Gasteiger partial charge < -0.3 is 20.1 Å². The third-order valence-electron chi connectivity index (χ3n) is 3.84. The number of methoxy groups -OCH3 is 1. The van der Waals surface area contributed by atoms with E-state index >= 15 is 0 Å². The van der Waals surface area contributed by atoms with E-state index in [4.69, 9.17) is 9.47 Å². The summed E-state index contributed by atoms with van der Waals surface area (Å²) in [5.41, 5.74) is -0.670. The van der Waals surface area contributed by atoms with Crippen LogP contribution in [0.15, 0.2) is 12.1 Å². The molecule has 1 fully saturated rings. The van der Waals surface area contributed by atoms with Gasteiger partial charge in [0.2, 0.25) is 0 Å². The molecule has 1 saturated heterocycles. The lowest BCUT2D eigenvalue weighted by Crippen LogP contribution is -2.51. The normalized spacial score (nSPS) is 21.2. The molecule has 1 aromatic carbocycles. The van der Waals surface area contributed by atoms with Gasteiger partial charge in [-0.1, -0.05) is 0 Å². The van der Waals surface area contributed by atoms with Gasteiger partial charge in [-0.05, 0) is 33.7 Å². The van der Waals surface area contributed by atoms with Crippen LogP contribution in [0.3, 0.4) is 0 Å². The van der Waals surface area contributed by atoms with Gasteiger partial charge in [-0.2, -0.15) is 0 Å². The molecule has 5 nitrogen and oxygen atoms in total. The molecule has 1 heterocycles. The van der Waals surface area contributed by atoms with Gasteiger partial charge in [0.15, 0.2) is 0 Å². The monoisotopic (exact) mass is 342 g/mol. The summed E-state index contributed by atoms with van der Waals surface area (Å²) < 4.78 is 38.9. The number of carbonyl (C=O) groups is 1. The Bertz CT molecular complexity index is 579. The maximum atomic E-state index is 14.4. The fraction of sp³-hybridized carbons (Fsp3) is 0.588. The fourth-order valence-electron chi connectivity index (χ4n) is 2.85. The molecule has 0 radical (unpaired) electrons. The molecule has 134 valence electrons. The first-order valence-electron chi connectivity index (χ1n) is 7.94. The fourth-order valence-corrected chi connectivity index (χ4v) is 2.85. The Labute approximate surface area is 140 Å². The molecule has 1 aromatic rings. The highest BCUT2D eigenvalue weighted by molar-refractivity contribution is 5.68. The smallest absolute Gasteiger partial charge is 0.407 e. The number of piperidine rings is 1. The molecular weight excluding hydrogens is 318 g/mol. The van der Waals surface area contributed by atoms with Crippen LogP contribution in [0, 0.1) is 11.6 Å². The lowest BCUT2D eigenvalue weighted by molar-refractivity contribution is 0.0488. The number of alkyl carbamates (subject to hydrolysis) is 1. The molecule has 0 aromatic heterocycles. The predicted octanol–water partition coefficient (Wildman–Crippen LogP) is 2.94. The summed E-state index contributed by atoms with van der Waals surface area (Å²) >= 11 is 0. The van der Waals surface area contributed by atoms with Crippen LogP contribution in [0.1, 0.15) is 38.7 Å². The van der Waals surface area contributed by atoms with E-state index in [2.05, 4.69) is 10.6 Å².